The second kappa shape index (κ2) is 3.15. The van der Waals surface area contributed by atoms with Gasteiger partial charge in [0.1, 0.15) is 4.34 Å². The summed E-state index contributed by atoms with van der Waals surface area (Å²) in [6, 6.07) is 1.63. The van der Waals surface area contributed by atoms with E-state index in [4.69, 9.17) is 17.0 Å². The van der Waals surface area contributed by atoms with Crippen LogP contribution >= 0.6 is 22.9 Å². The number of hydrogen-bond acceptors (Lipinski definition) is 3. The summed E-state index contributed by atoms with van der Waals surface area (Å²) in [5.41, 5.74) is 0.453. The number of ketones is 1. The third-order valence-corrected chi connectivity index (χ3v) is 2.37. The fourth-order valence-corrected chi connectivity index (χ4v) is 1.57. The van der Waals surface area contributed by atoms with Crippen LogP contribution in [0.4, 0.5) is 0 Å². The third kappa shape index (κ3) is 1.67. The largest absolute Gasteiger partial charge is 0.302 e. The van der Waals surface area contributed by atoms with Gasteiger partial charge in [-0.3, -0.25) is 4.79 Å². The van der Waals surface area contributed by atoms with E-state index in [1.807, 2.05) is 0 Å². The first-order valence-electron chi connectivity index (χ1n) is 2.95. The highest BCUT2D eigenvalue weighted by Crippen LogP contribution is 2.23. The highest BCUT2D eigenvalue weighted by atomic mass is 35.5. The van der Waals surface area contributed by atoms with E-state index in [1.54, 1.807) is 11.4 Å². The van der Waals surface area contributed by atoms with Crippen molar-refractivity contribution in [1.29, 1.82) is 5.41 Å². The maximum Gasteiger partial charge on any atom is 0.208 e. The lowest BCUT2D eigenvalue weighted by Gasteiger charge is -1.93. The van der Waals surface area contributed by atoms with E-state index in [2.05, 4.69) is 0 Å². The molecular formula is C7H6ClNOS. The fraction of sp³-hybridized carbons (Fsp3) is 0.143. The minimum absolute atomic E-state index is 0.0188. The van der Waals surface area contributed by atoms with Gasteiger partial charge in [0.05, 0.1) is 11.3 Å². The van der Waals surface area contributed by atoms with Gasteiger partial charge < -0.3 is 5.41 Å². The molecule has 0 aromatic carbocycles. The van der Waals surface area contributed by atoms with Gasteiger partial charge in [0.25, 0.3) is 0 Å². The number of nitrogens with one attached hydrogen (secondary N) is 1. The van der Waals surface area contributed by atoms with Gasteiger partial charge in [-0.25, -0.2) is 0 Å². The SMILES string of the molecule is CC(=N)C(=O)c1ccsc1Cl. The highest BCUT2D eigenvalue weighted by molar-refractivity contribution is 7.14. The molecule has 0 unspecified atom stereocenters. The van der Waals surface area contributed by atoms with Crippen LogP contribution in [-0.4, -0.2) is 11.5 Å². The summed E-state index contributed by atoms with van der Waals surface area (Å²) in [6.45, 7) is 1.45. The van der Waals surface area contributed by atoms with Crippen molar-refractivity contribution in [3.8, 4) is 0 Å². The number of Topliss-reactive ketones (excluding diaryl/α,β-unsaturated/α-hetero) is 1. The lowest BCUT2D eigenvalue weighted by molar-refractivity contribution is 0.106. The first-order chi connectivity index (χ1) is 5.13. The van der Waals surface area contributed by atoms with Crippen molar-refractivity contribution < 1.29 is 4.79 Å². The maximum absolute atomic E-state index is 11.1. The molecule has 0 aliphatic carbocycles. The van der Waals surface area contributed by atoms with Crippen molar-refractivity contribution in [2.75, 3.05) is 0 Å². The Hall–Kier alpha value is -0.670. The minimum atomic E-state index is -0.295. The van der Waals surface area contributed by atoms with E-state index in [9.17, 15) is 4.79 Å². The third-order valence-electron chi connectivity index (χ3n) is 1.20. The molecule has 11 heavy (non-hydrogen) atoms. The number of thiophene rings is 1. The van der Waals surface area contributed by atoms with Gasteiger partial charge in [-0.05, 0) is 18.4 Å². The van der Waals surface area contributed by atoms with Gasteiger partial charge >= 0.3 is 0 Å². The Balaban J connectivity index is 3.02. The molecule has 1 heterocycles. The summed E-state index contributed by atoms with van der Waals surface area (Å²) in [5.74, 6) is -0.295. The highest BCUT2D eigenvalue weighted by Gasteiger charge is 2.12. The normalized spacial score (nSPS) is 9.64. The van der Waals surface area contributed by atoms with Crippen LogP contribution in [0, 0.1) is 5.41 Å². The molecule has 1 rings (SSSR count). The van der Waals surface area contributed by atoms with E-state index < -0.39 is 0 Å². The standard InChI is InChI=1S/C7H6ClNOS/c1-4(9)6(10)5-2-3-11-7(5)8/h2-3,9H,1H3. The lowest BCUT2D eigenvalue weighted by Crippen LogP contribution is -2.07. The Morgan fingerprint density at radius 1 is 1.73 bits per heavy atom. The predicted octanol–water partition coefficient (Wildman–Crippen LogP) is 2.62. The Labute approximate surface area is 73.3 Å². The van der Waals surface area contributed by atoms with Crippen LogP contribution in [0.1, 0.15) is 17.3 Å². The summed E-state index contributed by atoms with van der Waals surface area (Å²) >= 11 is 6.98. The smallest absolute Gasteiger partial charge is 0.208 e. The van der Waals surface area contributed by atoms with Crippen LogP contribution in [0.3, 0.4) is 0 Å². The Bertz CT molecular complexity index is 305. The Kier molecular flexibility index (Phi) is 2.42. The van der Waals surface area contributed by atoms with Crippen LogP contribution in [0.5, 0.6) is 0 Å². The summed E-state index contributed by atoms with van der Waals surface area (Å²) in [7, 11) is 0. The summed E-state index contributed by atoms with van der Waals surface area (Å²) < 4.78 is 0.460. The molecule has 0 bridgehead atoms. The van der Waals surface area contributed by atoms with Crippen LogP contribution in [0.25, 0.3) is 0 Å². The molecule has 0 aliphatic rings. The van der Waals surface area contributed by atoms with E-state index in [0.717, 1.165) is 0 Å². The van der Waals surface area contributed by atoms with E-state index in [0.29, 0.717) is 9.90 Å². The van der Waals surface area contributed by atoms with E-state index >= 15 is 0 Å². The van der Waals surface area contributed by atoms with Gasteiger partial charge in [0.15, 0.2) is 0 Å². The first-order valence-corrected chi connectivity index (χ1v) is 4.21. The molecule has 0 spiro atoms. The summed E-state index contributed by atoms with van der Waals surface area (Å²) in [6.07, 6.45) is 0. The summed E-state index contributed by atoms with van der Waals surface area (Å²) in [5, 5.41) is 8.80. The van der Waals surface area contributed by atoms with E-state index in [1.165, 1.54) is 18.3 Å². The van der Waals surface area contributed by atoms with Gasteiger partial charge in [-0.1, -0.05) is 11.6 Å². The second-order valence-corrected chi connectivity index (χ2v) is 3.58. The minimum Gasteiger partial charge on any atom is -0.302 e. The zero-order chi connectivity index (χ0) is 8.43. The second-order valence-electron chi connectivity index (χ2n) is 2.06. The van der Waals surface area contributed by atoms with Crippen molar-refractivity contribution in [1.82, 2.24) is 0 Å². The molecule has 0 fully saturated rings. The summed E-state index contributed by atoms with van der Waals surface area (Å²) in [4.78, 5) is 11.1. The molecule has 2 nitrogen and oxygen atoms in total. The zero-order valence-corrected chi connectivity index (χ0v) is 7.42. The molecule has 4 heteroatoms. The van der Waals surface area contributed by atoms with Crippen LogP contribution in [-0.2, 0) is 0 Å². The molecule has 0 saturated heterocycles. The maximum atomic E-state index is 11.1. The Morgan fingerprint density at radius 3 is 2.73 bits per heavy atom. The van der Waals surface area contributed by atoms with Gasteiger partial charge in [0.2, 0.25) is 5.78 Å². The van der Waals surface area contributed by atoms with Crippen molar-refractivity contribution in [3.05, 3.63) is 21.3 Å². The number of halogens is 1. The van der Waals surface area contributed by atoms with Gasteiger partial charge in [-0.15, -0.1) is 11.3 Å². The molecular weight excluding hydrogens is 182 g/mol. The average molecular weight is 188 g/mol. The van der Waals surface area contributed by atoms with Crippen molar-refractivity contribution in [2.45, 2.75) is 6.92 Å². The van der Waals surface area contributed by atoms with Crippen LogP contribution < -0.4 is 0 Å². The molecule has 0 saturated carbocycles. The molecule has 58 valence electrons. The average Bonchev–Trinajstić information content (AvgIpc) is 2.33. The van der Waals surface area contributed by atoms with Crippen molar-refractivity contribution >= 4 is 34.4 Å². The molecule has 0 atom stereocenters. The quantitative estimate of drug-likeness (QED) is 0.561. The number of rotatable bonds is 2. The molecule has 1 N–H and O–H groups in total. The molecule has 0 amide bonds. The van der Waals surface area contributed by atoms with Crippen molar-refractivity contribution in [2.24, 2.45) is 0 Å². The van der Waals surface area contributed by atoms with Gasteiger partial charge in [0, 0.05) is 0 Å². The first kappa shape index (κ1) is 8.43. The number of carbonyl (C=O) groups excluding carboxylic acids is 1. The van der Waals surface area contributed by atoms with Crippen LogP contribution in [0.2, 0.25) is 4.34 Å². The fourth-order valence-electron chi connectivity index (χ4n) is 0.658. The van der Waals surface area contributed by atoms with Gasteiger partial charge in [-0.2, -0.15) is 0 Å². The van der Waals surface area contributed by atoms with Crippen LogP contribution in [0.15, 0.2) is 11.4 Å². The number of carbonyl (C=O) groups is 1. The predicted molar refractivity (Wildman–Crippen MR) is 47.1 cm³/mol. The molecule has 0 aliphatic heterocycles. The molecule has 1 aromatic heterocycles. The monoisotopic (exact) mass is 187 g/mol. The molecule has 0 radical (unpaired) electrons. The topological polar surface area (TPSA) is 40.9 Å². The number of hydrogen-bond donors (Lipinski definition) is 1. The zero-order valence-electron chi connectivity index (χ0n) is 5.85. The van der Waals surface area contributed by atoms with Crippen molar-refractivity contribution in [3.63, 3.8) is 0 Å². The Morgan fingerprint density at radius 2 is 2.36 bits per heavy atom. The lowest BCUT2D eigenvalue weighted by atomic mass is 10.1. The molecule has 1 aromatic rings. The van der Waals surface area contributed by atoms with E-state index in [-0.39, 0.29) is 11.5 Å².